The number of carbonyl (C=O) groups is 1. The van der Waals surface area contributed by atoms with Crippen LogP contribution in [0.5, 0.6) is 0 Å². The Hall–Kier alpha value is -3.19. The predicted octanol–water partition coefficient (Wildman–Crippen LogP) is 4.16. The molecule has 4 rings (SSSR count). The van der Waals surface area contributed by atoms with Crippen LogP contribution in [-0.2, 0) is 4.79 Å². The van der Waals surface area contributed by atoms with Crippen LogP contribution in [0.3, 0.4) is 0 Å². The lowest BCUT2D eigenvalue weighted by atomic mass is 10.1. The van der Waals surface area contributed by atoms with E-state index in [2.05, 4.69) is 20.8 Å². The number of hydrogen-bond acceptors (Lipinski definition) is 5. The van der Waals surface area contributed by atoms with E-state index < -0.39 is 0 Å². The Kier molecular flexibility index (Phi) is 5.08. The standard InChI is InChI=1S/C21H19N5OS/c1-14-10-11-18(15(2)12-14)22-20(27)13-28-21-23-24-25-26(21)19-9-5-7-16-6-3-4-8-17(16)19/h3-12H,13H2,1-2H3,(H,22,27). The minimum absolute atomic E-state index is 0.0931. The first-order valence-corrected chi connectivity index (χ1v) is 9.87. The third kappa shape index (κ3) is 3.75. The van der Waals surface area contributed by atoms with Crippen molar-refractivity contribution in [2.45, 2.75) is 19.0 Å². The van der Waals surface area contributed by atoms with E-state index in [0.29, 0.717) is 5.16 Å². The molecule has 1 amide bonds. The van der Waals surface area contributed by atoms with Crippen LogP contribution in [0.1, 0.15) is 11.1 Å². The minimum atomic E-state index is -0.0931. The highest BCUT2D eigenvalue weighted by Crippen LogP contribution is 2.25. The van der Waals surface area contributed by atoms with Crippen molar-refractivity contribution in [2.75, 3.05) is 11.1 Å². The number of fused-ring (bicyclic) bond motifs is 1. The van der Waals surface area contributed by atoms with E-state index in [1.165, 1.54) is 17.3 Å². The molecule has 6 nitrogen and oxygen atoms in total. The molecule has 4 aromatic rings. The molecule has 1 aromatic heterocycles. The number of hydrogen-bond donors (Lipinski definition) is 1. The second kappa shape index (κ2) is 7.82. The second-order valence-corrected chi connectivity index (χ2v) is 7.47. The van der Waals surface area contributed by atoms with Gasteiger partial charge in [0.05, 0.1) is 11.4 Å². The Bertz CT molecular complexity index is 1150. The van der Waals surface area contributed by atoms with Gasteiger partial charge < -0.3 is 5.32 Å². The van der Waals surface area contributed by atoms with Gasteiger partial charge in [-0.3, -0.25) is 4.79 Å². The first-order chi connectivity index (χ1) is 13.6. The molecule has 7 heteroatoms. The predicted molar refractivity (Wildman–Crippen MR) is 112 cm³/mol. The third-order valence-electron chi connectivity index (χ3n) is 4.42. The molecule has 28 heavy (non-hydrogen) atoms. The molecule has 0 spiro atoms. The van der Waals surface area contributed by atoms with Gasteiger partial charge in [0, 0.05) is 11.1 Å². The van der Waals surface area contributed by atoms with E-state index in [1.807, 2.05) is 74.5 Å². The topological polar surface area (TPSA) is 72.7 Å². The van der Waals surface area contributed by atoms with E-state index in [-0.39, 0.29) is 11.7 Å². The van der Waals surface area contributed by atoms with E-state index >= 15 is 0 Å². The molecule has 0 radical (unpaired) electrons. The summed E-state index contributed by atoms with van der Waals surface area (Å²) in [5.74, 6) is 0.128. The Balaban J connectivity index is 1.51. The third-order valence-corrected chi connectivity index (χ3v) is 5.34. The highest BCUT2D eigenvalue weighted by atomic mass is 32.2. The van der Waals surface area contributed by atoms with E-state index in [9.17, 15) is 4.79 Å². The van der Waals surface area contributed by atoms with Crippen LogP contribution in [0, 0.1) is 13.8 Å². The van der Waals surface area contributed by atoms with Crippen molar-refractivity contribution in [2.24, 2.45) is 0 Å². The number of benzene rings is 3. The number of aromatic nitrogens is 4. The summed E-state index contributed by atoms with van der Waals surface area (Å²) in [6.07, 6.45) is 0. The molecule has 0 unspecified atom stereocenters. The number of thioether (sulfide) groups is 1. The molecule has 0 aliphatic carbocycles. The number of tetrazole rings is 1. The molecule has 3 aromatic carbocycles. The van der Waals surface area contributed by atoms with Gasteiger partial charge in [0.15, 0.2) is 0 Å². The normalized spacial score (nSPS) is 10.9. The fourth-order valence-electron chi connectivity index (χ4n) is 3.08. The van der Waals surface area contributed by atoms with Crippen LogP contribution in [0.15, 0.2) is 65.8 Å². The minimum Gasteiger partial charge on any atom is -0.325 e. The van der Waals surface area contributed by atoms with Gasteiger partial charge >= 0.3 is 0 Å². The largest absolute Gasteiger partial charge is 0.325 e. The Morgan fingerprint density at radius 2 is 1.89 bits per heavy atom. The Labute approximate surface area is 167 Å². The summed E-state index contributed by atoms with van der Waals surface area (Å²) < 4.78 is 1.68. The zero-order chi connectivity index (χ0) is 19.5. The van der Waals surface area contributed by atoms with Crippen molar-refractivity contribution in [3.63, 3.8) is 0 Å². The Morgan fingerprint density at radius 1 is 1.07 bits per heavy atom. The number of nitrogens with one attached hydrogen (secondary N) is 1. The van der Waals surface area contributed by atoms with E-state index in [0.717, 1.165) is 27.7 Å². The number of anilines is 1. The van der Waals surface area contributed by atoms with E-state index in [1.54, 1.807) is 4.68 Å². The van der Waals surface area contributed by atoms with Gasteiger partial charge in [-0.05, 0) is 47.4 Å². The first kappa shape index (κ1) is 18.2. The molecule has 0 fully saturated rings. The number of nitrogens with zero attached hydrogens (tertiary/aromatic N) is 4. The van der Waals surface area contributed by atoms with Crippen molar-refractivity contribution in [1.82, 2.24) is 20.2 Å². The molecule has 1 N–H and O–H groups in total. The summed E-state index contributed by atoms with van der Waals surface area (Å²) >= 11 is 1.31. The molecule has 0 bridgehead atoms. The molecule has 1 heterocycles. The van der Waals surface area contributed by atoms with Crippen molar-refractivity contribution < 1.29 is 4.79 Å². The number of amides is 1. The van der Waals surface area contributed by atoms with Crippen molar-refractivity contribution >= 4 is 34.1 Å². The molecule has 0 aliphatic rings. The molecule has 0 aliphatic heterocycles. The van der Waals surface area contributed by atoms with Gasteiger partial charge in [-0.1, -0.05) is 65.9 Å². The van der Waals surface area contributed by atoms with Crippen LogP contribution >= 0.6 is 11.8 Å². The van der Waals surface area contributed by atoms with Gasteiger partial charge in [-0.2, -0.15) is 4.68 Å². The smallest absolute Gasteiger partial charge is 0.234 e. The first-order valence-electron chi connectivity index (χ1n) is 8.88. The quantitative estimate of drug-likeness (QED) is 0.519. The zero-order valence-corrected chi connectivity index (χ0v) is 16.4. The average molecular weight is 389 g/mol. The van der Waals surface area contributed by atoms with E-state index in [4.69, 9.17) is 0 Å². The Morgan fingerprint density at radius 3 is 2.75 bits per heavy atom. The van der Waals surface area contributed by atoms with Gasteiger partial charge in [0.1, 0.15) is 0 Å². The summed E-state index contributed by atoms with van der Waals surface area (Å²) in [5, 5.41) is 17.7. The molecule has 0 saturated heterocycles. The fraction of sp³-hybridized carbons (Fsp3) is 0.143. The molecular formula is C21H19N5OS. The highest BCUT2D eigenvalue weighted by Gasteiger charge is 2.14. The van der Waals surface area contributed by atoms with Crippen molar-refractivity contribution in [3.8, 4) is 5.69 Å². The fourth-order valence-corrected chi connectivity index (χ4v) is 3.77. The number of aryl methyl sites for hydroxylation is 2. The maximum atomic E-state index is 12.4. The van der Waals surface area contributed by atoms with Crippen LogP contribution in [0.4, 0.5) is 5.69 Å². The van der Waals surface area contributed by atoms with Crippen LogP contribution in [0.2, 0.25) is 0 Å². The SMILES string of the molecule is Cc1ccc(NC(=O)CSc2nnnn2-c2cccc3ccccc23)c(C)c1. The summed E-state index contributed by atoms with van der Waals surface area (Å²) in [6, 6.07) is 20.0. The summed E-state index contributed by atoms with van der Waals surface area (Å²) in [5.41, 5.74) is 3.92. The van der Waals surface area contributed by atoms with Crippen molar-refractivity contribution in [3.05, 3.63) is 71.8 Å². The summed E-state index contributed by atoms with van der Waals surface area (Å²) in [4.78, 5) is 12.4. The van der Waals surface area contributed by atoms with Crippen LogP contribution in [-0.4, -0.2) is 31.9 Å². The molecule has 0 atom stereocenters. The van der Waals surface area contributed by atoms with Crippen LogP contribution in [0.25, 0.3) is 16.5 Å². The molecular weight excluding hydrogens is 370 g/mol. The summed E-state index contributed by atoms with van der Waals surface area (Å²) in [7, 11) is 0. The maximum absolute atomic E-state index is 12.4. The van der Waals surface area contributed by atoms with Gasteiger partial charge in [0.2, 0.25) is 11.1 Å². The summed E-state index contributed by atoms with van der Waals surface area (Å²) in [6.45, 7) is 4.01. The average Bonchev–Trinajstić information content (AvgIpc) is 3.16. The lowest BCUT2D eigenvalue weighted by molar-refractivity contribution is -0.113. The molecule has 140 valence electrons. The van der Waals surface area contributed by atoms with Gasteiger partial charge in [-0.25, -0.2) is 0 Å². The van der Waals surface area contributed by atoms with Gasteiger partial charge in [0.25, 0.3) is 0 Å². The molecule has 0 saturated carbocycles. The lowest BCUT2D eigenvalue weighted by Gasteiger charge is -2.10. The maximum Gasteiger partial charge on any atom is 0.234 e. The van der Waals surface area contributed by atoms with Crippen molar-refractivity contribution in [1.29, 1.82) is 0 Å². The second-order valence-electron chi connectivity index (χ2n) is 6.53. The number of rotatable bonds is 5. The van der Waals surface area contributed by atoms with Crippen LogP contribution < -0.4 is 5.32 Å². The van der Waals surface area contributed by atoms with Gasteiger partial charge in [-0.15, -0.1) is 5.10 Å². The zero-order valence-electron chi connectivity index (χ0n) is 15.6. The number of carbonyl (C=O) groups excluding carboxylic acids is 1. The monoisotopic (exact) mass is 389 g/mol. The highest BCUT2D eigenvalue weighted by molar-refractivity contribution is 7.99. The lowest BCUT2D eigenvalue weighted by Crippen LogP contribution is -2.15.